The summed E-state index contributed by atoms with van der Waals surface area (Å²) < 4.78 is 0. The monoisotopic (exact) mass is 357 g/mol. The molecule has 2 aliphatic rings. The molecule has 0 N–H and O–H groups in total. The van der Waals surface area contributed by atoms with Crippen LogP contribution in [0.3, 0.4) is 0 Å². The lowest BCUT2D eigenvalue weighted by Gasteiger charge is -2.38. The van der Waals surface area contributed by atoms with Gasteiger partial charge in [-0.3, -0.25) is 14.7 Å². The Morgan fingerprint density at radius 2 is 1.63 bits per heavy atom. The highest BCUT2D eigenvalue weighted by Gasteiger charge is 2.30. The van der Waals surface area contributed by atoms with Crippen LogP contribution in [0.15, 0.2) is 60.8 Å². The third-order valence-electron chi connectivity index (χ3n) is 6.00. The second kappa shape index (κ2) is 6.78. The van der Waals surface area contributed by atoms with Crippen LogP contribution in [-0.4, -0.2) is 52.9 Å². The summed E-state index contributed by atoms with van der Waals surface area (Å²) in [6, 6.07) is 19.1. The normalized spacial score (nSPS) is 18.0. The summed E-state index contributed by atoms with van der Waals surface area (Å²) in [5.74, 6) is 0.134. The van der Waals surface area contributed by atoms with Crippen LogP contribution in [0.5, 0.6) is 0 Å². The lowest BCUT2D eigenvalue weighted by atomic mass is 10.1. The fourth-order valence-electron chi connectivity index (χ4n) is 4.48. The summed E-state index contributed by atoms with van der Waals surface area (Å²) in [7, 11) is 0. The van der Waals surface area contributed by atoms with Crippen LogP contribution >= 0.6 is 0 Å². The maximum atomic E-state index is 12.9. The van der Waals surface area contributed by atoms with E-state index in [1.165, 1.54) is 11.1 Å². The van der Waals surface area contributed by atoms with Crippen LogP contribution in [0, 0.1) is 0 Å². The van der Waals surface area contributed by atoms with E-state index >= 15 is 0 Å². The van der Waals surface area contributed by atoms with Gasteiger partial charge in [-0.05, 0) is 48.2 Å². The number of carbonyl (C=O) groups excluding carboxylic acids is 1. The second-order valence-corrected chi connectivity index (χ2v) is 7.57. The Labute approximate surface area is 159 Å². The fourth-order valence-corrected chi connectivity index (χ4v) is 4.48. The topological polar surface area (TPSA) is 36.4 Å². The molecule has 3 aromatic rings. The van der Waals surface area contributed by atoms with E-state index in [9.17, 15) is 4.79 Å². The molecule has 1 fully saturated rings. The molecule has 27 heavy (non-hydrogen) atoms. The molecular formula is C23H23N3O. The molecule has 5 rings (SSSR count). The Bertz CT molecular complexity index is 967. The number of carbonyl (C=O) groups is 1. The van der Waals surface area contributed by atoms with Crippen LogP contribution in [0.1, 0.15) is 21.5 Å². The molecule has 1 aliphatic carbocycles. The van der Waals surface area contributed by atoms with Gasteiger partial charge in [-0.15, -0.1) is 0 Å². The summed E-state index contributed by atoms with van der Waals surface area (Å²) in [5.41, 5.74) is 4.67. The molecule has 0 spiro atoms. The van der Waals surface area contributed by atoms with E-state index in [4.69, 9.17) is 0 Å². The first-order chi connectivity index (χ1) is 13.3. The minimum absolute atomic E-state index is 0.134. The number of nitrogens with zero attached hydrogens (tertiary/aromatic N) is 3. The highest BCUT2D eigenvalue weighted by atomic mass is 16.2. The molecule has 2 heterocycles. The van der Waals surface area contributed by atoms with E-state index in [1.807, 2.05) is 35.2 Å². The van der Waals surface area contributed by atoms with Gasteiger partial charge in [0.2, 0.25) is 0 Å². The minimum Gasteiger partial charge on any atom is -0.336 e. The average molecular weight is 357 g/mol. The van der Waals surface area contributed by atoms with Crippen molar-refractivity contribution in [3.63, 3.8) is 0 Å². The van der Waals surface area contributed by atoms with Gasteiger partial charge in [0.25, 0.3) is 5.91 Å². The van der Waals surface area contributed by atoms with Crippen LogP contribution in [0.25, 0.3) is 10.9 Å². The van der Waals surface area contributed by atoms with Crippen molar-refractivity contribution >= 4 is 16.8 Å². The van der Waals surface area contributed by atoms with Gasteiger partial charge in [0.05, 0.1) is 5.52 Å². The molecule has 4 nitrogen and oxygen atoms in total. The van der Waals surface area contributed by atoms with Crippen LogP contribution in [-0.2, 0) is 12.8 Å². The van der Waals surface area contributed by atoms with Crippen molar-refractivity contribution < 1.29 is 4.79 Å². The first-order valence-electron chi connectivity index (χ1n) is 9.73. The Hall–Kier alpha value is -2.72. The Morgan fingerprint density at radius 3 is 2.37 bits per heavy atom. The minimum atomic E-state index is 0.134. The molecule has 2 aromatic carbocycles. The molecule has 0 radical (unpaired) electrons. The summed E-state index contributed by atoms with van der Waals surface area (Å²) >= 11 is 0. The van der Waals surface area contributed by atoms with Gasteiger partial charge >= 0.3 is 0 Å². The molecule has 0 bridgehead atoms. The Morgan fingerprint density at radius 1 is 0.889 bits per heavy atom. The molecule has 0 unspecified atom stereocenters. The largest absolute Gasteiger partial charge is 0.336 e. The lowest BCUT2D eigenvalue weighted by molar-refractivity contribution is 0.0576. The van der Waals surface area contributed by atoms with E-state index in [0.717, 1.165) is 55.5 Å². The quantitative estimate of drug-likeness (QED) is 0.707. The van der Waals surface area contributed by atoms with Crippen molar-refractivity contribution in [1.29, 1.82) is 0 Å². The standard InChI is InChI=1S/C23H23N3O/c27-23(20-7-8-22-19(14-20)6-3-9-24-22)26-12-10-25(11-13-26)21-15-17-4-1-2-5-18(17)16-21/h1-9,14,21H,10-13,15-16H2. The third kappa shape index (κ3) is 3.10. The maximum Gasteiger partial charge on any atom is 0.253 e. The van der Waals surface area contributed by atoms with Crippen molar-refractivity contribution in [3.8, 4) is 0 Å². The van der Waals surface area contributed by atoms with Crippen molar-refractivity contribution in [1.82, 2.24) is 14.8 Å². The van der Waals surface area contributed by atoms with Gasteiger partial charge in [-0.1, -0.05) is 30.3 Å². The van der Waals surface area contributed by atoms with Crippen molar-refractivity contribution in [2.24, 2.45) is 0 Å². The number of hydrogen-bond acceptors (Lipinski definition) is 3. The van der Waals surface area contributed by atoms with Gasteiger partial charge in [-0.25, -0.2) is 0 Å². The van der Waals surface area contributed by atoms with Gasteiger partial charge in [0, 0.05) is 49.4 Å². The predicted octanol–water partition coefficient (Wildman–Crippen LogP) is 3.16. The summed E-state index contributed by atoms with van der Waals surface area (Å²) in [4.78, 5) is 21.8. The van der Waals surface area contributed by atoms with E-state index in [-0.39, 0.29) is 5.91 Å². The number of amides is 1. The second-order valence-electron chi connectivity index (χ2n) is 7.57. The number of fused-ring (bicyclic) bond motifs is 2. The van der Waals surface area contributed by atoms with Crippen molar-refractivity contribution in [2.45, 2.75) is 18.9 Å². The van der Waals surface area contributed by atoms with E-state index in [2.05, 4.69) is 34.1 Å². The number of piperazine rings is 1. The van der Waals surface area contributed by atoms with E-state index in [1.54, 1.807) is 6.20 Å². The predicted molar refractivity (Wildman–Crippen MR) is 107 cm³/mol. The van der Waals surface area contributed by atoms with Crippen LogP contribution < -0.4 is 0 Å². The molecule has 1 amide bonds. The van der Waals surface area contributed by atoms with Gasteiger partial charge in [0.15, 0.2) is 0 Å². The first kappa shape index (κ1) is 16.5. The van der Waals surface area contributed by atoms with E-state index in [0.29, 0.717) is 6.04 Å². The average Bonchev–Trinajstić information content (AvgIpc) is 3.17. The molecule has 1 aliphatic heterocycles. The third-order valence-corrected chi connectivity index (χ3v) is 6.00. The van der Waals surface area contributed by atoms with Gasteiger partial charge in [0.1, 0.15) is 0 Å². The highest BCUT2D eigenvalue weighted by Crippen LogP contribution is 2.26. The molecule has 1 aromatic heterocycles. The van der Waals surface area contributed by atoms with Gasteiger partial charge < -0.3 is 4.90 Å². The summed E-state index contributed by atoms with van der Waals surface area (Å²) in [5, 5.41) is 1.02. The van der Waals surface area contributed by atoms with Crippen LogP contribution in [0.4, 0.5) is 0 Å². The van der Waals surface area contributed by atoms with E-state index < -0.39 is 0 Å². The summed E-state index contributed by atoms with van der Waals surface area (Å²) in [6.07, 6.45) is 4.06. The fraction of sp³-hybridized carbons (Fsp3) is 0.304. The molecule has 0 saturated carbocycles. The molecule has 136 valence electrons. The van der Waals surface area contributed by atoms with Crippen molar-refractivity contribution in [3.05, 3.63) is 77.5 Å². The smallest absolute Gasteiger partial charge is 0.253 e. The first-order valence-corrected chi connectivity index (χ1v) is 9.73. The molecule has 4 heteroatoms. The zero-order valence-electron chi connectivity index (χ0n) is 15.3. The number of benzene rings is 2. The zero-order valence-corrected chi connectivity index (χ0v) is 15.3. The molecular weight excluding hydrogens is 334 g/mol. The lowest BCUT2D eigenvalue weighted by Crippen LogP contribution is -2.52. The van der Waals surface area contributed by atoms with Crippen LogP contribution in [0.2, 0.25) is 0 Å². The zero-order chi connectivity index (χ0) is 18.2. The van der Waals surface area contributed by atoms with Gasteiger partial charge in [-0.2, -0.15) is 0 Å². The highest BCUT2D eigenvalue weighted by molar-refractivity contribution is 5.98. The molecule has 1 saturated heterocycles. The Kier molecular flexibility index (Phi) is 4.13. The Balaban J connectivity index is 1.24. The number of rotatable bonds is 2. The van der Waals surface area contributed by atoms with Crippen molar-refractivity contribution in [2.75, 3.05) is 26.2 Å². The SMILES string of the molecule is O=C(c1ccc2ncccc2c1)N1CCN(C2Cc3ccccc3C2)CC1. The number of aromatic nitrogens is 1. The number of pyridine rings is 1. The number of hydrogen-bond donors (Lipinski definition) is 0. The summed E-state index contributed by atoms with van der Waals surface area (Å²) in [6.45, 7) is 3.52. The molecule has 0 atom stereocenters. The maximum absolute atomic E-state index is 12.9.